The number of likely N-dealkylation sites (N-methyl/N-ethyl adjacent to an activating group) is 1. The Balaban J connectivity index is 1.71. The topological polar surface area (TPSA) is 48.7 Å². The summed E-state index contributed by atoms with van der Waals surface area (Å²) in [5, 5.41) is 7.74. The number of nitrogens with one attached hydrogen (secondary N) is 1. The standard InChI is InChI=1S/C21H31FN6/c1-5-23-21(28-11-10-17(15-28)18-12-25-27(4)14-18)24-13-20(26(2)3)16-6-8-19(22)9-7-16/h6-9,12,14,17,20H,5,10-11,13,15H2,1-4H3,(H,23,24). The second kappa shape index (κ2) is 9.19. The van der Waals surface area contributed by atoms with Crippen molar-refractivity contribution in [1.29, 1.82) is 0 Å². The van der Waals surface area contributed by atoms with Crippen molar-refractivity contribution in [3.8, 4) is 0 Å². The van der Waals surface area contributed by atoms with Gasteiger partial charge >= 0.3 is 0 Å². The zero-order valence-electron chi connectivity index (χ0n) is 17.3. The van der Waals surface area contributed by atoms with Crippen molar-refractivity contribution in [1.82, 2.24) is 24.9 Å². The summed E-state index contributed by atoms with van der Waals surface area (Å²) in [4.78, 5) is 9.38. The smallest absolute Gasteiger partial charge is 0.194 e. The minimum absolute atomic E-state index is 0.103. The molecule has 0 amide bonds. The van der Waals surface area contributed by atoms with Crippen molar-refractivity contribution in [2.75, 3.05) is 40.3 Å². The van der Waals surface area contributed by atoms with E-state index in [1.807, 2.05) is 44.2 Å². The molecule has 1 aromatic carbocycles. The fraction of sp³-hybridized carbons (Fsp3) is 0.524. The fourth-order valence-electron chi connectivity index (χ4n) is 3.73. The molecule has 1 saturated heterocycles. The lowest BCUT2D eigenvalue weighted by Crippen LogP contribution is -2.40. The van der Waals surface area contributed by atoms with Crippen molar-refractivity contribution in [2.45, 2.75) is 25.3 Å². The zero-order chi connectivity index (χ0) is 20.1. The monoisotopic (exact) mass is 386 g/mol. The number of likely N-dealkylation sites (tertiary alicyclic amines) is 1. The molecule has 0 spiro atoms. The van der Waals surface area contributed by atoms with Gasteiger partial charge in [-0.3, -0.25) is 9.67 Å². The van der Waals surface area contributed by atoms with Crippen LogP contribution in [0.3, 0.4) is 0 Å². The Morgan fingerprint density at radius 1 is 1.36 bits per heavy atom. The lowest BCUT2D eigenvalue weighted by atomic mass is 10.0. The molecule has 3 rings (SSSR count). The van der Waals surface area contributed by atoms with E-state index in [1.54, 1.807) is 0 Å². The van der Waals surface area contributed by atoms with Gasteiger partial charge in [-0.15, -0.1) is 0 Å². The van der Waals surface area contributed by atoms with Crippen LogP contribution in [-0.4, -0.2) is 65.8 Å². The third kappa shape index (κ3) is 4.90. The Kier molecular flexibility index (Phi) is 6.67. The van der Waals surface area contributed by atoms with Crippen molar-refractivity contribution < 1.29 is 4.39 Å². The molecule has 152 valence electrons. The number of hydrogen-bond acceptors (Lipinski definition) is 3. The molecule has 0 bridgehead atoms. The Labute approximate surface area is 167 Å². The average molecular weight is 387 g/mol. The van der Waals surface area contributed by atoms with Crippen LogP contribution in [-0.2, 0) is 7.05 Å². The van der Waals surface area contributed by atoms with Crippen LogP contribution in [0.1, 0.15) is 36.4 Å². The van der Waals surface area contributed by atoms with Gasteiger partial charge in [0.05, 0.1) is 18.8 Å². The summed E-state index contributed by atoms with van der Waals surface area (Å²) >= 11 is 0. The zero-order valence-corrected chi connectivity index (χ0v) is 17.3. The molecule has 2 unspecified atom stereocenters. The molecule has 1 aromatic heterocycles. The van der Waals surface area contributed by atoms with Crippen LogP contribution < -0.4 is 5.32 Å². The van der Waals surface area contributed by atoms with E-state index in [0.29, 0.717) is 12.5 Å². The molecule has 2 heterocycles. The van der Waals surface area contributed by atoms with E-state index in [1.165, 1.54) is 17.7 Å². The van der Waals surface area contributed by atoms with Gasteiger partial charge < -0.3 is 15.1 Å². The van der Waals surface area contributed by atoms with Gasteiger partial charge in [0.1, 0.15) is 5.82 Å². The molecule has 1 N–H and O–H groups in total. The molecular weight excluding hydrogens is 355 g/mol. The van der Waals surface area contributed by atoms with Crippen LogP contribution in [0.4, 0.5) is 4.39 Å². The maximum absolute atomic E-state index is 13.3. The second-order valence-electron chi connectivity index (χ2n) is 7.60. The summed E-state index contributed by atoms with van der Waals surface area (Å²) in [6, 6.07) is 6.82. The normalized spacial score (nSPS) is 18.7. The van der Waals surface area contributed by atoms with E-state index in [9.17, 15) is 4.39 Å². The highest BCUT2D eigenvalue weighted by Crippen LogP contribution is 2.27. The first-order valence-corrected chi connectivity index (χ1v) is 9.91. The van der Waals surface area contributed by atoms with E-state index in [2.05, 4.69) is 33.3 Å². The van der Waals surface area contributed by atoms with Crippen LogP contribution in [0.5, 0.6) is 0 Å². The summed E-state index contributed by atoms with van der Waals surface area (Å²) in [7, 11) is 6.02. The molecule has 1 aliphatic heterocycles. The maximum Gasteiger partial charge on any atom is 0.194 e. The fourth-order valence-corrected chi connectivity index (χ4v) is 3.73. The van der Waals surface area contributed by atoms with Crippen LogP contribution in [0.15, 0.2) is 41.7 Å². The number of halogens is 1. The first-order chi connectivity index (χ1) is 13.5. The number of nitrogens with zero attached hydrogens (tertiary/aromatic N) is 5. The highest BCUT2D eigenvalue weighted by Gasteiger charge is 2.27. The molecule has 7 heteroatoms. The first kappa shape index (κ1) is 20.3. The van der Waals surface area contributed by atoms with Gasteiger partial charge in [0.25, 0.3) is 0 Å². The summed E-state index contributed by atoms with van der Waals surface area (Å²) in [5.74, 6) is 1.22. The Hall–Kier alpha value is -2.41. The number of benzene rings is 1. The van der Waals surface area contributed by atoms with Gasteiger partial charge in [-0.05, 0) is 50.7 Å². The number of aryl methyl sites for hydroxylation is 1. The van der Waals surface area contributed by atoms with Gasteiger partial charge in [-0.25, -0.2) is 4.39 Å². The molecule has 0 saturated carbocycles. The summed E-state index contributed by atoms with van der Waals surface area (Å²) in [5.41, 5.74) is 2.36. The largest absolute Gasteiger partial charge is 0.357 e. The molecule has 0 aliphatic carbocycles. The molecule has 2 aromatic rings. The highest BCUT2D eigenvalue weighted by atomic mass is 19.1. The number of aliphatic imine (C=N–C) groups is 1. The quantitative estimate of drug-likeness (QED) is 0.612. The molecule has 2 atom stereocenters. The van der Waals surface area contributed by atoms with Crippen LogP contribution >= 0.6 is 0 Å². The lowest BCUT2D eigenvalue weighted by Gasteiger charge is -2.26. The highest BCUT2D eigenvalue weighted by molar-refractivity contribution is 5.80. The van der Waals surface area contributed by atoms with E-state index >= 15 is 0 Å². The Bertz CT molecular complexity index is 782. The van der Waals surface area contributed by atoms with Gasteiger partial charge in [-0.2, -0.15) is 5.10 Å². The Morgan fingerprint density at radius 2 is 2.11 bits per heavy atom. The molecule has 6 nitrogen and oxygen atoms in total. The molecule has 1 aliphatic rings. The SMILES string of the molecule is CCNC(=NCC(c1ccc(F)cc1)N(C)C)N1CCC(c2cnn(C)c2)C1. The average Bonchev–Trinajstić information content (AvgIpc) is 3.31. The van der Waals surface area contributed by atoms with Crippen molar-refractivity contribution in [2.24, 2.45) is 12.0 Å². The minimum Gasteiger partial charge on any atom is -0.357 e. The van der Waals surface area contributed by atoms with E-state index < -0.39 is 0 Å². The van der Waals surface area contributed by atoms with Crippen LogP contribution in [0.2, 0.25) is 0 Å². The van der Waals surface area contributed by atoms with E-state index in [4.69, 9.17) is 4.99 Å². The van der Waals surface area contributed by atoms with Gasteiger partial charge in [0, 0.05) is 38.8 Å². The first-order valence-electron chi connectivity index (χ1n) is 9.91. The molecule has 0 radical (unpaired) electrons. The molecule has 1 fully saturated rings. The number of hydrogen-bond donors (Lipinski definition) is 1. The van der Waals surface area contributed by atoms with Gasteiger partial charge in [-0.1, -0.05) is 12.1 Å². The predicted molar refractivity (Wildman–Crippen MR) is 111 cm³/mol. The number of guanidine groups is 1. The van der Waals surface area contributed by atoms with Crippen LogP contribution in [0.25, 0.3) is 0 Å². The van der Waals surface area contributed by atoms with Crippen molar-refractivity contribution >= 4 is 5.96 Å². The Morgan fingerprint density at radius 3 is 2.71 bits per heavy atom. The van der Waals surface area contributed by atoms with Crippen molar-refractivity contribution in [3.05, 3.63) is 53.6 Å². The van der Waals surface area contributed by atoms with E-state index in [-0.39, 0.29) is 11.9 Å². The minimum atomic E-state index is -0.211. The predicted octanol–water partition coefficient (Wildman–Crippen LogP) is 2.62. The maximum atomic E-state index is 13.3. The number of aromatic nitrogens is 2. The third-order valence-corrected chi connectivity index (χ3v) is 5.31. The lowest BCUT2D eigenvalue weighted by molar-refractivity contribution is 0.305. The summed E-state index contributed by atoms with van der Waals surface area (Å²) in [6.45, 7) is 5.47. The number of rotatable bonds is 6. The summed E-state index contributed by atoms with van der Waals surface area (Å²) in [6.07, 6.45) is 5.18. The van der Waals surface area contributed by atoms with E-state index in [0.717, 1.165) is 37.6 Å². The molecule has 28 heavy (non-hydrogen) atoms. The van der Waals surface area contributed by atoms with Crippen molar-refractivity contribution in [3.63, 3.8) is 0 Å². The second-order valence-corrected chi connectivity index (χ2v) is 7.60. The summed E-state index contributed by atoms with van der Waals surface area (Å²) < 4.78 is 15.1. The van der Waals surface area contributed by atoms with Crippen LogP contribution in [0, 0.1) is 5.82 Å². The van der Waals surface area contributed by atoms with Gasteiger partial charge in [0.15, 0.2) is 5.96 Å². The third-order valence-electron chi connectivity index (χ3n) is 5.31. The molecular formula is C21H31FN6. The van der Waals surface area contributed by atoms with Gasteiger partial charge in [0.2, 0.25) is 0 Å².